The van der Waals surface area contributed by atoms with E-state index < -0.39 is 23.8 Å². The first-order valence-corrected chi connectivity index (χ1v) is 15.1. The first kappa shape index (κ1) is 29.6. The molecule has 3 saturated carbocycles. The lowest BCUT2D eigenvalue weighted by atomic mass is 9.81. The summed E-state index contributed by atoms with van der Waals surface area (Å²) in [5, 5.41) is 14.8. The molecule has 9 nitrogen and oxygen atoms in total. The summed E-state index contributed by atoms with van der Waals surface area (Å²) in [6, 6.07) is 2.48. The van der Waals surface area contributed by atoms with Gasteiger partial charge in [-0.3, -0.25) is 14.3 Å². The first-order chi connectivity index (χ1) is 20.4. The Morgan fingerprint density at radius 1 is 1.02 bits per heavy atom. The summed E-state index contributed by atoms with van der Waals surface area (Å²) in [5.74, 6) is -6.73. The summed E-state index contributed by atoms with van der Waals surface area (Å²) in [6.45, 7) is 3.83. The Morgan fingerprint density at radius 2 is 1.72 bits per heavy atom. The molecule has 6 rings (SSSR count). The maximum atomic E-state index is 14.1. The second-order valence-electron chi connectivity index (χ2n) is 12.7. The Hall–Kier alpha value is -3.51. The molecule has 0 radical (unpaired) electrons. The van der Waals surface area contributed by atoms with E-state index >= 15 is 0 Å². The van der Waals surface area contributed by atoms with E-state index in [2.05, 4.69) is 20.8 Å². The zero-order valence-electron chi connectivity index (χ0n) is 24.3. The minimum Gasteiger partial charge on any atom is -0.349 e. The van der Waals surface area contributed by atoms with E-state index in [1.807, 2.05) is 19.9 Å². The molecule has 43 heavy (non-hydrogen) atoms. The van der Waals surface area contributed by atoms with Gasteiger partial charge in [-0.25, -0.2) is 27.1 Å². The van der Waals surface area contributed by atoms with Crippen LogP contribution in [0.4, 0.5) is 17.6 Å². The topological polar surface area (TPSA) is 106 Å². The van der Waals surface area contributed by atoms with Gasteiger partial charge >= 0.3 is 0 Å². The van der Waals surface area contributed by atoms with Crippen molar-refractivity contribution in [2.75, 3.05) is 0 Å². The summed E-state index contributed by atoms with van der Waals surface area (Å²) in [5.41, 5.74) is 2.15. The van der Waals surface area contributed by atoms with Gasteiger partial charge in [0.25, 0.3) is 11.8 Å². The van der Waals surface area contributed by atoms with Crippen molar-refractivity contribution in [3.05, 3.63) is 47.7 Å². The Bertz CT molecular complexity index is 1490. The molecule has 2 amide bonds. The second kappa shape index (κ2) is 11.2. The monoisotopic (exact) mass is 603 g/mol. The van der Waals surface area contributed by atoms with Crippen molar-refractivity contribution >= 4 is 17.5 Å². The van der Waals surface area contributed by atoms with E-state index in [4.69, 9.17) is 4.98 Å². The fraction of sp³-hybridized carbons (Fsp3) is 0.633. The number of nitrogens with one attached hydrogen (secondary N) is 2. The third-order valence-corrected chi connectivity index (χ3v) is 9.03. The Kier molecular flexibility index (Phi) is 7.70. The highest BCUT2D eigenvalue weighted by Crippen LogP contribution is 2.51. The van der Waals surface area contributed by atoms with E-state index in [-0.39, 0.29) is 80.7 Å². The van der Waals surface area contributed by atoms with Crippen LogP contribution in [-0.2, 0) is 4.79 Å². The summed E-state index contributed by atoms with van der Waals surface area (Å²) in [6.07, 6.45) is 6.79. The molecule has 3 fully saturated rings. The predicted octanol–water partition coefficient (Wildman–Crippen LogP) is 5.81. The predicted molar refractivity (Wildman–Crippen MR) is 149 cm³/mol. The van der Waals surface area contributed by atoms with E-state index in [0.717, 1.165) is 18.4 Å². The van der Waals surface area contributed by atoms with Gasteiger partial charge < -0.3 is 10.6 Å². The largest absolute Gasteiger partial charge is 0.349 e. The lowest BCUT2D eigenvalue weighted by Gasteiger charge is -2.33. The lowest BCUT2D eigenvalue weighted by Crippen LogP contribution is -2.38. The quantitative estimate of drug-likeness (QED) is 0.269. The number of amides is 2. The molecule has 0 aliphatic heterocycles. The Labute approximate surface area is 246 Å². The van der Waals surface area contributed by atoms with Crippen molar-refractivity contribution in [3.63, 3.8) is 0 Å². The number of halogens is 4. The van der Waals surface area contributed by atoms with E-state index in [0.29, 0.717) is 17.0 Å². The minimum atomic E-state index is -2.72. The van der Waals surface area contributed by atoms with Crippen molar-refractivity contribution in [3.8, 4) is 0 Å². The van der Waals surface area contributed by atoms with Crippen LogP contribution < -0.4 is 10.6 Å². The number of nitrogens with zero attached hydrogens (tertiary/aromatic N) is 5. The average molecular weight is 604 g/mol. The van der Waals surface area contributed by atoms with Crippen molar-refractivity contribution < 1.29 is 27.2 Å². The number of alkyl halides is 4. The van der Waals surface area contributed by atoms with Gasteiger partial charge in [0.2, 0.25) is 11.8 Å². The number of hydrogen-bond acceptors (Lipinski definition) is 5. The molecular formula is C30H37F4N7O2. The molecule has 0 saturated heterocycles. The van der Waals surface area contributed by atoms with Crippen LogP contribution in [-0.4, -0.2) is 48.0 Å². The highest BCUT2D eigenvalue weighted by Gasteiger charge is 2.56. The van der Waals surface area contributed by atoms with Crippen molar-refractivity contribution in [1.29, 1.82) is 0 Å². The third kappa shape index (κ3) is 6.54. The standard InChI is InChI=1S/C30H37F4N7O2/c1-17(2)41-23(9-12-35-41)28(43)39-27(19-7-10-29(31,32)11-8-19)22-16-40-24(37-22)13-20(15-36-40)26(18-3-4-18)38-25(42)6-5-21-14-30(21,33)34/h9,12-13,15-19,21,26-27H,3-8,10-11,14H2,1-2H3,(H,38,42)(H,39,43)/t21-,26?,27+/m1/s1. The highest BCUT2D eigenvalue weighted by atomic mass is 19.3. The molecule has 3 atom stereocenters. The smallest absolute Gasteiger partial charge is 0.270 e. The molecule has 3 aliphatic carbocycles. The SMILES string of the molecule is CC(C)n1nccc1C(=O)N[C@H](c1cn2ncc(C(NC(=O)CC[C@@H]3CC3(F)F)C3CC3)cc2n1)C1CCC(F)(F)CC1. The number of imidazole rings is 1. The summed E-state index contributed by atoms with van der Waals surface area (Å²) in [4.78, 5) is 30.8. The molecule has 232 valence electrons. The van der Waals surface area contributed by atoms with Gasteiger partial charge in [0.1, 0.15) is 5.69 Å². The van der Waals surface area contributed by atoms with Crippen LogP contribution in [0.3, 0.4) is 0 Å². The van der Waals surface area contributed by atoms with Gasteiger partial charge in [0, 0.05) is 43.8 Å². The molecular weight excluding hydrogens is 566 g/mol. The zero-order chi connectivity index (χ0) is 30.5. The van der Waals surface area contributed by atoms with Gasteiger partial charge in [0.05, 0.1) is 30.2 Å². The highest BCUT2D eigenvalue weighted by molar-refractivity contribution is 5.92. The molecule has 3 aromatic heterocycles. The summed E-state index contributed by atoms with van der Waals surface area (Å²) in [7, 11) is 0. The van der Waals surface area contributed by atoms with Gasteiger partial charge in [-0.15, -0.1) is 0 Å². The maximum Gasteiger partial charge on any atom is 0.270 e. The van der Waals surface area contributed by atoms with Crippen LogP contribution in [0.1, 0.15) is 112 Å². The molecule has 0 aromatic carbocycles. The van der Waals surface area contributed by atoms with Gasteiger partial charge in [-0.1, -0.05) is 0 Å². The fourth-order valence-electron chi connectivity index (χ4n) is 6.22. The number of carbonyl (C=O) groups is 2. The van der Waals surface area contributed by atoms with E-state index in [1.54, 1.807) is 33.9 Å². The fourth-order valence-corrected chi connectivity index (χ4v) is 6.22. The molecule has 2 N–H and O–H groups in total. The van der Waals surface area contributed by atoms with Crippen molar-refractivity contribution in [2.24, 2.45) is 17.8 Å². The molecule has 3 heterocycles. The van der Waals surface area contributed by atoms with Crippen LogP contribution in [0.25, 0.3) is 5.65 Å². The Morgan fingerprint density at radius 3 is 2.37 bits per heavy atom. The van der Waals surface area contributed by atoms with Crippen LogP contribution in [0.2, 0.25) is 0 Å². The average Bonchev–Trinajstić information content (AvgIpc) is 3.76. The maximum absolute atomic E-state index is 14.1. The number of fused-ring (bicyclic) bond motifs is 1. The minimum absolute atomic E-state index is 0.0458. The van der Waals surface area contributed by atoms with Gasteiger partial charge in [0.15, 0.2) is 5.65 Å². The molecule has 1 unspecified atom stereocenters. The summed E-state index contributed by atoms with van der Waals surface area (Å²) >= 11 is 0. The number of hydrogen-bond donors (Lipinski definition) is 2. The van der Waals surface area contributed by atoms with Crippen LogP contribution in [0, 0.1) is 17.8 Å². The van der Waals surface area contributed by atoms with E-state index in [1.165, 1.54) is 0 Å². The van der Waals surface area contributed by atoms with Crippen LogP contribution in [0.5, 0.6) is 0 Å². The Balaban J connectivity index is 1.23. The molecule has 3 aromatic rings. The van der Waals surface area contributed by atoms with Gasteiger partial charge in [-0.05, 0) is 75.5 Å². The second-order valence-corrected chi connectivity index (χ2v) is 12.7. The van der Waals surface area contributed by atoms with Crippen molar-refractivity contribution in [1.82, 2.24) is 35.0 Å². The van der Waals surface area contributed by atoms with Crippen molar-refractivity contribution in [2.45, 2.75) is 102 Å². The number of carbonyl (C=O) groups excluding carboxylic acids is 2. The number of rotatable bonds is 11. The normalized spacial score (nSPS) is 22.8. The number of aromatic nitrogens is 5. The van der Waals surface area contributed by atoms with Crippen LogP contribution in [0.15, 0.2) is 30.7 Å². The molecule has 0 spiro atoms. The van der Waals surface area contributed by atoms with Gasteiger partial charge in [-0.2, -0.15) is 10.2 Å². The van der Waals surface area contributed by atoms with E-state index in [9.17, 15) is 27.2 Å². The molecule has 3 aliphatic rings. The zero-order valence-corrected chi connectivity index (χ0v) is 24.3. The first-order valence-electron chi connectivity index (χ1n) is 15.1. The molecule has 13 heteroatoms. The summed E-state index contributed by atoms with van der Waals surface area (Å²) < 4.78 is 57.8. The molecule has 0 bridgehead atoms. The lowest BCUT2D eigenvalue weighted by molar-refractivity contribution is -0.122. The van der Waals surface area contributed by atoms with Crippen LogP contribution >= 0.6 is 0 Å². The third-order valence-electron chi connectivity index (χ3n) is 9.03.